The lowest BCUT2D eigenvalue weighted by Crippen LogP contribution is -2.00. The molecule has 0 spiro atoms. The van der Waals surface area contributed by atoms with Gasteiger partial charge in [-0.05, 0) is 67.5 Å². The van der Waals surface area contributed by atoms with Crippen LogP contribution in [0.1, 0.15) is 97.0 Å². The van der Waals surface area contributed by atoms with E-state index in [9.17, 15) is 0 Å². The Balaban J connectivity index is 1.67. The first-order chi connectivity index (χ1) is 14.7. The molecule has 0 radical (unpaired) electrons. The molecule has 1 unspecified atom stereocenters. The maximum atomic E-state index is 5.88. The van der Waals surface area contributed by atoms with Gasteiger partial charge in [-0.3, -0.25) is 4.98 Å². The van der Waals surface area contributed by atoms with Crippen LogP contribution >= 0.6 is 0 Å². The van der Waals surface area contributed by atoms with Crippen molar-refractivity contribution in [3.63, 3.8) is 0 Å². The third-order valence-electron chi connectivity index (χ3n) is 6.10. The third-order valence-corrected chi connectivity index (χ3v) is 6.10. The number of rotatable bonds is 16. The first-order valence-corrected chi connectivity index (χ1v) is 12.4. The van der Waals surface area contributed by atoms with Crippen LogP contribution in [0.5, 0.6) is 5.75 Å². The predicted octanol–water partition coefficient (Wildman–Crippen LogP) is 8.64. The van der Waals surface area contributed by atoms with Gasteiger partial charge in [-0.15, -0.1) is 0 Å². The normalized spacial score (nSPS) is 12.1. The van der Waals surface area contributed by atoms with Gasteiger partial charge < -0.3 is 4.74 Å². The molecule has 1 aromatic heterocycles. The van der Waals surface area contributed by atoms with Crippen molar-refractivity contribution in [3.8, 4) is 17.0 Å². The molecule has 0 amide bonds. The first kappa shape index (κ1) is 24.4. The van der Waals surface area contributed by atoms with Crippen LogP contribution in [0, 0.1) is 5.92 Å². The van der Waals surface area contributed by atoms with E-state index in [-0.39, 0.29) is 0 Å². The van der Waals surface area contributed by atoms with E-state index in [2.05, 4.69) is 63.4 Å². The van der Waals surface area contributed by atoms with Crippen LogP contribution in [0.3, 0.4) is 0 Å². The van der Waals surface area contributed by atoms with Crippen LogP contribution < -0.4 is 4.74 Å². The monoisotopic (exact) mass is 409 g/mol. The topological polar surface area (TPSA) is 22.1 Å². The highest BCUT2D eigenvalue weighted by Gasteiger charge is 2.03. The molecule has 0 aliphatic carbocycles. The van der Waals surface area contributed by atoms with Crippen molar-refractivity contribution >= 4 is 0 Å². The fraction of sp³-hybridized carbons (Fsp3) is 0.607. The number of ether oxygens (including phenoxy) is 1. The number of hydrogen-bond donors (Lipinski definition) is 0. The highest BCUT2D eigenvalue weighted by Crippen LogP contribution is 2.22. The van der Waals surface area contributed by atoms with Crippen molar-refractivity contribution in [2.75, 3.05) is 6.61 Å². The summed E-state index contributed by atoms with van der Waals surface area (Å²) in [6.07, 6.45) is 17.7. The van der Waals surface area contributed by atoms with Gasteiger partial charge in [-0.1, -0.05) is 78.2 Å². The number of aryl methyl sites for hydroxylation is 1. The number of unbranched alkanes of at least 4 members (excludes halogenated alkanes) is 7. The van der Waals surface area contributed by atoms with Crippen molar-refractivity contribution in [3.05, 3.63) is 48.2 Å². The maximum absolute atomic E-state index is 5.88. The summed E-state index contributed by atoms with van der Waals surface area (Å²) < 4.78 is 5.88. The fourth-order valence-electron chi connectivity index (χ4n) is 3.75. The van der Waals surface area contributed by atoms with Gasteiger partial charge in [-0.2, -0.15) is 0 Å². The molecule has 0 saturated heterocycles. The van der Waals surface area contributed by atoms with Gasteiger partial charge in [0.25, 0.3) is 0 Å². The van der Waals surface area contributed by atoms with Gasteiger partial charge >= 0.3 is 0 Å². The summed E-state index contributed by atoms with van der Waals surface area (Å²) in [5.74, 6) is 1.75. The molecule has 0 aliphatic rings. The summed E-state index contributed by atoms with van der Waals surface area (Å²) in [5.41, 5.74) is 3.55. The average molecular weight is 410 g/mol. The zero-order chi connectivity index (χ0) is 21.4. The Morgan fingerprint density at radius 1 is 0.800 bits per heavy atom. The molecule has 1 heterocycles. The minimum atomic E-state index is 0.792. The Labute approximate surface area is 185 Å². The van der Waals surface area contributed by atoms with Crippen LogP contribution in [0.2, 0.25) is 0 Å². The van der Waals surface area contributed by atoms with E-state index in [1.54, 1.807) is 0 Å². The molecule has 166 valence electrons. The molecule has 2 nitrogen and oxygen atoms in total. The maximum Gasteiger partial charge on any atom is 0.119 e. The molecule has 0 N–H and O–H groups in total. The van der Waals surface area contributed by atoms with Crippen LogP contribution in [-0.2, 0) is 6.42 Å². The minimum Gasteiger partial charge on any atom is -0.494 e. The zero-order valence-corrected chi connectivity index (χ0v) is 19.7. The highest BCUT2D eigenvalue weighted by molar-refractivity contribution is 5.60. The van der Waals surface area contributed by atoms with Gasteiger partial charge in [0.2, 0.25) is 0 Å². The number of benzene rings is 1. The largest absolute Gasteiger partial charge is 0.494 e. The summed E-state index contributed by atoms with van der Waals surface area (Å²) in [5, 5.41) is 0. The van der Waals surface area contributed by atoms with Crippen molar-refractivity contribution in [1.29, 1.82) is 0 Å². The molecule has 1 atom stereocenters. The lowest BCUT2D eigenvalue weighted by molar-refractivity contribution is 0.294. The fourth-order valence-corrected chi connectivity index (χ4v) is 3.75. The van der Waals surface area contributed by atoms with E-state index in [1.165, 1.54) is 69.8 Å². The number of nitrogens with zero attached hydrogens (tertiary/aromatic N) is 1. The van der Waals surface area contributed by atoms with Crippen LogP contribution in [0.4, 0.5) is 0 Å². The summed E-state index contributed by atoms with van der Waals surface area (Å²) in [6.45, 7) is 7.64. The Kier molecular flexibility index (Phi) is 12.3. The number of hydrogen-bond acceptors (Lipinski definition) is 2. The van der Waals surface area contributed by atoms with E-state index < -0.39 is 0 Å². The second kappa shape index (κ2) is 15.0. The van der Waals surface area contributed by atoms with Crippen molar-refractivity contribution in [2.24, 2.45) is 5.92 Å². The molecule has 2 rings (SSSR count). The first-order valence-electron chi connectivity index (χ1n) is 12.4. The molecule has 0 aliphatic heterocycles. The van der Waals surface area contributed by atoms with Crippen molar-refractivity contribution < 1.29 is 4.74 Å². The van der Waals surface area contributed by atoms with Crippen molar-refractivity contribution in [2.45, 2.75) is 97.8 Å². The summed E-state index contributed by atoms with van der Waals surface area (Å²) in [4.78, 5) is 4.69. The quantitative estimate of drug-likeness (QED) is 0.259. The summed E-state index contributed by atoms with van der Waals surface area (Å²) >= 11 is 0. The highest BCUT2D eigenvalue weighted by atomic mass is 16.5. The van der Waals surface area contributed by atoms with E-state index in [0.29, 0.717) is 0 Å². The van der Waals surface area contributed by atoms with E-state index >= 15 is 0 Å². The molecule has 0 fully saturated rings. The second-order valence-corrected chi connectivity index (χ2v) is 8.81. The second-order valence-electron chi connectivity index (χ2n) is 8.81. The summed E-state index contributed by atoms with van der Waals surface area (Å²) in [6, 6.07) is 12.8. The lowest BCUT2D eigenvalue weighted by Gasteiger charge is -2.10. The van der Waals surface area contributed by atoms with E-state index in [4.69, 9.17) is 9.72 Å². The molecular formula is C28H43NO. The third kappa shape index (κ3) is 9.78. The van der Waals surface area contributed by atoms with Gasteiger partial charge in [0, 0.05) is 11.8 Å². The van der Waals surface area contributed by atoms with Crippen molar-refractivity contribution in [1.82, 2.24) is 4.98 Å². The van der Waals surface area contributed by atoms with Crippen LogP contribution in [0.25, 0.3) is 11.3 Å². The lowest BCUT2D eigenvalue weighted by atomic mass is 10.0. The summed E-state index contributed by atoms with van der Waals surface area (Å²) in [7, 11) is 0. The molecule has 0 bridgehead atoms. The Bertz CT molecular complexity index is 662. The Morgan fingerprint density at radius 3 is 2.13 bits per heavy atom. The zero-order valence-electron chi connectivity index (χ0n) is 19.7. The molecule has 30 heavy (non-hydrogen) atoms. The smallest absolute Gasteiger partial charge is 0.119 e. The van der Waals surface area contributed by atoms with Crippen LogP contribution in [-0.4, -0.2) is 11.6 Å². The van der Waals surface area contributed by atoms with Crippen LogP contribution in [0.15, 0.2) is 42.6 Å². The Morgan fingerprint density at radius 2 is 1.50 bits per heavy atom. The molecule has 1 aromatic carbocycles. The average Bonchev–Trinajstić information content (AvgIpc) is 2.79. The van der Waals surface area contributed by atoms with Gasteiger partial charge in [0.05, 0.1) is 12.3 Å². The van der Waals surface area contributed by atoms with Gasteiger partial charge in [0.15, 0.2) is 0 Å². The van der Waals surface area contributed by atoms with E-state index in [1.807, 2.05) is 0 Å². The molecule has 0 saturated carbocycles. The molecule has 2 heteroatoms. The van der Waals surface area contributed by atoms with Gasteiger partial charge in [-0.25, -0.2) is 0 Å². The standard InChI is InChI=1S/C28H43NO/c1-4-6-7-8-9-10-11-12-15-25-16-21-28(29-23-25)26-17-19-27(20-18-26)30-22-13-14-24(3)5-2/h16-21,23-24H,4-15,22H2,1-3H3. The number of pyridine rings is 1. The number of aromatic nitrogens is 1. The Hall–Kier alpha value is -1.83. The predicted molar refractivity (Wildman–Crippen MR) is 130 cm³/mol. The van der Waals surface area contributed by atoms with Gasteiger partial charge in [0.1, 0.15) is 5.75 Å². The SMILES string of the molecule is CCCCCCCCCCc1ccc(-c2ccc(OCCCC(C)CC)cc2)nc1. The molecular weight excluding hydrogens is 366 g/mol. The van der Waals surface area contributed by atoms with E-state index in [0.717, 1.165) is 42.4 Å². The minimum absolute atomic E-state index is 0.792. The molecule has 2 aromatic rings.